The molecule has 0 radical (unpaired) electrons. The molecule has 0 saturated carbocycles. The number of benzene rings is 1. The molecule has 0 fully saturated rings. The first-order valence-corrected chi connectivity index (χ1v) is 9.33. The number of halogens is 2. The number of anilines is 1. The van der Waals surface area contributed by atoms with Crippen LogP contribution >= 0.6 is 11.3 Å². The van der Waals surface area contributed by atoms with Crippen LogP contribution in [0.1, 0.15) is 10.5 Å². The fourth-order valence-corrected chi connectivity index (χ4v) is 3.01. The Morgan fingerprint density at radius 1 is 1.20 bits per heavy atom. The predicted octanol–water partition coefficient (Wildman–Crippen LogP) is 1.73. The third kappa shape index (κ3) is 5.44. The maximum absolute atomic E-state index is 13.1. The molecule has 1 aromatic carbocycles. The number of carbonyl (C=O) groups is 3. The van der Waals surface area contributed by atoms with E-state index >= 15 is 0 Å². The van der Waals surface area contributed by atoms with Crippen LogP contribution in [0.15, 0.2) is 36.0 Å². The second-order valence-electron chi connectivity index (χ2n) is 5.97. The smallest absolute Gasteiger partial charge is 0.358 e. The summed E-state index contributed by atoms with van der Waals surface area (Å²) in [5.74, 6) is -4.33. The summed E-state index contributed by atoms with van der Waals surface area (Å²) in [7, 11) is 1.75. The van der Waals surface area contributed by atoms with E-state index in [2.05, 4.69) is 20.7 Å². The molecule has 0 saturated heterocycles. The van der Waals surface area contributed by atoms with Crippen molar-refractivity contribution in [3.05, 3.63) is 53.3 Å². The Kier molecular flexibility index (Phi) is 6.47. The Bertz CT molecular complexity index is 1100. The lowest BCUT2D eigenvalue weighted by molar-refractivity contribution is -0.126. The van der Waals surface area contributed by atoms with E-state index in [1.165, 1.54) is 22.8 Å². The van der Waals surface area contributed by atoms with E-state index in [1.54, 1.807) is 24.1 Å². The van der Waals surface area contributed by atoms with Gasteiger partial charge in [0, 0.05) is 35.9 Å². The van der Waals surface area contributed by atoms with Crippen LogP contribution in [0.25, 0.3) is 10.6 Å². The van der Waals surface area contributed by atoms with Crippen molar-refractivity contribution in [1.82, 2.24) is 20.1 Å². The van der Waals surface area contributed by atoms with Crippen LogP contribution in [0.3, 0.4) is 0 Å². The van der Waals surface area contributed by atoms with Gasteiger partial charge in [-0.25, -0.2) is 18.6 Å². The van der Waals surface area contributed by atoms with Crippen molar-refractivity contribution in [1.29, 1.82) is 0 Å². The molecule has 0 aliphatic carbocycles. The van der Waals surface area contributed by atoms with Gasteiger partial charge in [0.1, 0.15) is 5.01 Å². The number of amides is 2. The maximum Gasteiger partial charge on any atom is 0.358 e. The first-order valence-electron chi connectivity index (χ1n) is 8.45. The summed E-state index contributed by atoms with van der Waals surface area (Å²) < 4.78 is 32.4. The first-order chi connectivity index (χ1) is 14.3. The van der Waals surface area contributed by atoms with E-state index in [1.807, 2.05) is 0 Å². The Morgan fingerprint density at radius 3 is 2.70 bits per heavy atom. The zero-order valence-corrected chi connectivity index (χ0v) is 16.3. The number of hydrogen-bond acceptors (Lipinski definition) is 7. The van der Waals surface area contributed by atoms with E-state index in [4.69, 9.17) is 4.74 Å². The molecule has 12 heteroatoms. The molecule has 2 amide bonds. The minimum atomic E-state index is -1.11. The van der Waals surface area contributed by atoms with Gasteiger partial charge in [-0.1, -0.05) is 0 Å². The van der Waals surface area contributed by atoms with Crippen LogP contribution in [0.4, 0.5) is 14.5 Å². The average molecular weight is 435 g/mol. The summed E-state index contributed by atoms with van der Waals surface area (Å²) in [6.07, 6.45) is 3.35. The molecule has 3 rings (SSSR count). The standard InChI is InChI=1S/C18H15F2N5O4S/c1-25-7-10(5-22-25)17-24-14(9-30-17)18(28)29-8-16(27)21-6-15(26)23-11-2-3-12(19)13(20)4-11/h2-5,7,9H,6,8H2,1H3,(H,21,27)(H,23,26). The summed E-state index contributed by atoms with van der Waals surface area (Å²) in [5.41, 5.74) is 0.821. The largest absolute Gasteiger partial charge is 0.451 e. The highest BCUT2D eigenvalue weighted by Gasteiger charge is 2.16. The molecule has 156 valence electrons. The maximum atomic E-state index is 13.1. The molecule has 3 aromatic rings. The van der Waals surface area contributed by atoms with E-state index in [9.17, 15) is 23.2 Å². The number of aromatic nitrogens is 3. The predicted molar refractivity (Wildman–Crippen MR) is 103 cm³/mol. The highest BCUT2D eigenvalue weighted by molar-refractivity contribution is 7.13. The molecule has 0 spiro atoms. The Hall–Kier alpha value is -3.67. The highest BCUT2D eigenvalue weighted by Crippen LogP contribution is 2.23. The second-order valence-corrected chi connectivity index (χ2v) is 6.83. The molecule has 0 bridgehead atoms. The molecular formula is C18H15F2N5O4S. The van der Waals surface area contributed by atoms with Crippen LogP contribution in [0, 0.1) is 11.6 Å². The fraction of sp³-hybridized carbons (Fsp3) is 0.167. The third-order valence-corrected chi connectivity index (χ3v) is 4.54. The number of hydrogen-bond donors (Lipinski definition) is 2. The van der Waals surface area contributed by atoms with E-state index < -0.39 is 42.6 Å². The molecule has 9 nitrogen and oxygen atoms in total. The normalized spacial score (nSPS) is 10.5. The lowest BCUT2D eigenvalue weighted by Crippen LogP contribution is -2.35. The summed E-state index contributed by atoms with van der Waals surface area (Å²) in [6, 6.07) is 2.85. The molecule has 0 atom stereocenters. The second kappa shape index (κ2) is 9.22. The minimum absolute atomic E-state index is 0.0347. The number of carbonyl (C=O) groups excluding carboxylic acids is 3. The van der Waals surface area contributed by atoms with Crippen LogP contribution in [-0.4, -0.2) is 45.7 Å². The molecule has 30 heavy (non-hydrogen) atoms. The van der Waals surface area contributed by atoms with Gasteiger partial charge in [0.2, 0.25) is 5.91 Å². The third-order valence-electron chi connectivity index (χ3n) is 3.65. The Balaban J connectivity index is 1.43. The van der Waals surface area contributed by atoms with Gasteiger partial charge in [0.05, 0.1) is 12.7 Å². The van der Waals surface area contributed by atoms with Crippen molar-refractivity contribution in [2.24, 2.45) is 7.05 Å². The zero-order valence-electron chi connectivity index (χ0n) is 15.5. The number of aryl methyl sites for hydroxylation is 1. The van der Waals surface area contributed by atoms with Gasteiger partial charge in [0.25, 0.3) is 5.91 Å². The SMILES string of the molecule is Cn1cc(-c2nc(C(=O)OCC(=O)NCC(=O)Nc3ccc(F)c(F)c3)cs2)cn1. The summed E-state index contributed by atoms with van der Waals surface area (Å²) in [6.45, 7) is -1.06. The van der Waals surface area contributed by atoms with Crippen molar-refractivity contribution in [2.75, 3.05) is 18.5 Å². The molecular weight excluding hydrogens is 420 g/mol. The fourth-order valence-electron chi connectivity index (χ4n) is 2.25. The van der Waals surface area contributed by atoms with Crippen molar-refractivity contribution >= 4 is 34.8 Å². The number of esters is 1. The Morgan fingerprint density at radius 2 is 2.00 bits per heavy atom. The van der Waals surface area contributed by atoms with Gasteiger partial charge in [-0.3, -0.25) is 14.3 Å². The molecule has 2 N–H and O–H groups in total. The average Bonchev–Trinajstić information content (AvgIpc) is 3.36. The first kappa shape index (κ1) is 21.0. The van der Waals surface area contributed by atoms with Gasteiger partial charge >= 0.3 is 5.97 Å². The monoisotopic (exact) mass is 435 g/mol. The lowest BCUT2D eigenvalue weighted by atomic mass is 10.3. The van der Waals surface area contributed by atoms with E-state index in [0.29, 0.717) is 5.01 Å². The Labute approximate surface area is 172 Å². The van der Waals surface area contributed by atoms with Gasteiger partial charge in [-0.2, -0.15) is 5.10 Å². The summed E-state index contributed by atoms with van der Waals surface area (Å²) in [4.78, 5) is 39.7. The number of nitrogens with one attached hydrogen (secondary N) is 2. The van der Waals surface area contributed by atoms with E-state index in [-0.39, 0.29) is 11.4 Å². The number of ether oxygens (including phenoxy) is 1. The zero-order chi connectivity index (χ0) is 21.7. The summed E-state index contributed by atoms with van der Waals surface area (Å²) in [5, 5.41) is 10.6. The number of nitrogens with zero attached hydrogens (tertiary/aromatic N) is 3. The van der Waals surface area contributed by atoms with Gasteiger partial charge < -0.3 is 15.4 Å². The summed E-state index contributed by atoms with van der Waals surface area (Å²) >= 11 is 1.23. The van der Waals surface area contributed by atoms with Crippen LogP contribution in [-0.2, 0) is 21.4 Å². The van der Waals surface area contributed by atoms with Crippen LogP contribution < -0.4 is 10.6 Å². The number of thiazole rings is 1. The molecule has 0 unspecified atom stereocenters. The molecule has 2 heterocycles. The van der Waals surface area contributed by atoms with Crippen molar-refractivity contribution in [2.45, 2.75) is 0 Å². The molecule has 0 aliphatic rings. The van der Waals surface area contributed by atoms with Gasteiger partial charge in [-0.15, -0.1) is 11.3 Å². The van der Waals surface area contributed by atoms with E-state index in [0.717, 1.165) is 17.7 Å². The van der Waals surface area contributed by atoms with Crippen LogP contribution in [0.2, 0.25) is 0 Å². The lowest BCUT2D eigenvalue weighted by Gasteiger charge is -2.07. The number of rotatable bonds is 7. The molecule has 2 aromatic heterocycles. The minimum Gasteiger partial charge on any atom is -0.451 e. The van der Waals surface area contributed by atoms with Gasteiger partial charge in [0.15, 0.2) is 23.9 Å². The quantitative estimate of drug-likeness (QED) is 0.546. The van der Waals surface area contributed by atoms with Crippen molar-refractivity contribution in [3.63, 3.8) is 0 Å². The molecule has 0 aliphatic heterocycles. The van der Waals surface area contributed by atoms with Crippen LogP contribution in [0.5, 0.6) is 0 Å². The van der Waals surface area contributed by atoms with Crippen molar-refractivity contribution in [3.8, 4) is 10.6 Å². The topological polar surface area (TPSA) is 115 Å². The highest BCUT2D eigenvalue weighted by atomic mass is 32.1. The van der Waals surface area contributed by atoms with Crippen molar-refractivity contribution < 1.29 is 27.9 Å². The van der Waals surface area contributed by atoms with Gasteiger partial charge in [-0.05, 0) is 12.1 Å².